The zero-order chi connectivity index (χ0) is 52.3. The Labute approximate surface area is 507 Å². The molecule has 2 amide bonds. The number of amides is 2. The predicted octanol–water partition coefficient (Wildman–Crippen LogP) is -5.69. The van der Waals surface area contributed by atoms with Gasteiger partial charge in [-0.05, 0) is 62.4 Å². The van der Waals surface area contributed by atoms with E-state index in [1.54, 1.807) is 48.5 Å². The maximum absolute atomic E-state index is 12.8. The van der Waals surface area contributed by atoms with Crippen LogP contribution >= 0.6 is 11.6 Å². The molecule has 4 heterocycles. The minimum absolute atomic E-state index is 0. The third kappa shape index (κ3) is 23.0. The summed E-state index contributed by atoms with van der Waals surface area (Å²) in [7, 11) is -0.308. The average Bonchev–Trinajstić information content (AvgIpc) is 3.36. The standard InChI is InChI=1S/C19H21N5O3.C13H10ClN3O2.C7H8.C6H12N2O.CH2O3.2K.O3S.H/c1-22-17(25)9-16(23-8-4-7-15(11-23)18(21)26)24(19(22)27)12-14-6-3-2-5-13(14)10-20;1-16-12(18)6-11(14)17(13(16)19)8-10-5-3-2-4-9(10)7-15;1-7-5-3-2-4-6-7;7-6(9)5-2-1-3-8-4-5;2-1-4-3;;;1-4(2)3;/h2-3,5-6,9,15H,4,7-8,11-12H2,1H3,(H2,21,26);2-6H,8H2,1H3;2-6H,1H3;5,8H,1-4H2,(H2,7,9);1,3H;;;;/q;;;;;2*+1;;-1/p-1/t15-;;;5-;;;;;/m1..1...../s1. The number of aromatic nitrogens is 4. The van der Waals surface area contributed by atoms with Gasteiger partial charge in [0.15, 0.2) is 0 Å². The van der Waals surface area contributed by atoms with E-state index in [9.17, 15) is 34.0 Å². The molecular weight excluding hydrogens is 1030 g/mol. The van der Waals surface area contributed by atoms with E-state index in [0.29, 0.717) is 47.6 Å². The van der Waals surface area contributed by atoms with Crippen LogP contribution in [0, 0.1) is 41.4 Å². The number of piperidine rings is 2. The number of hydrogen-bond donors (Lipinski definition) is 3. The Bertz CT molecular complexity index is 3010. The zero-order valence-corrected chi connectivity index (χ0v) is 48.3. The molecule has 0 aliphatic carbocycles. The first-order valence-electron chi connectivity index (χ1n) is 21.1. The summed E-state index contributed by atoms with van der Waals surface area (Å²) in [4.78, 5) is 83.6. The number of carbonyl (C=O) groups is 3. The minimum Gasteiger partial charge on any atom is -1.00 e. The first-order valence-corrected chi connectivity index (χ1v) is 22.5. The van der Waals surface area contributed by atoms with E-state index in [4.69, 9.17) is 51.0 Å². The van der Waals surface area contributed by atoms with Crippen molar-refractivity contribution in [1.29, 1.82) is 10.5 Å². The van der Waals surface area contributed by atoms with Crippen molar-refractivity contribution in [2.75, 3.05) is 31.1 Å². The summed E-state index contributed by atoms with van der Waals surface area (Å²) >= 11 is 5.92. The molecule has 72 heavy (non-hydrogen) atoms. The van der Waals surface area contributed by atoms with Gasteiger partial charge in [0.25, 0.3) is 17.6 Å². The summed E-state index contributed by atoms with van der Waals surface area (Å²) in [6.45, 7) is 5.00. The molecule has 22 nitrogen and oxygen atoms in total. The molecule has 374 valence electrons. The van der Waals surface area contributed by atoms with Crippen LogP contribution in [0.4, 0.5) is 5.82 Å². The Hall–Kier alpha value is -4.69. The zero-order valence-electron chi connectivity index (χ0n) is 41.4. The van der Waals surface area contributed by atoms with Crippen LogP contribution in [-0.2, 0) is 57.1 Å². The van der Waals surface area contributed by atoms with Gasteiger partial charge in [-0.25, -0.2) is 9.59 Å². The maximum Gasteiger partial charge on any atom is 1.00 e. The Morgan fingerprint density at radius 3 is 1.65 bits per heavy atom. The summed E-state index contributed by atoms with van der Waals surface area (Å²) < 4.78 is 30.1. The molecule has 5 aromatic rings. The molecule has 0 unspecified atom stereocenters. The molecule has 5 N–H and O–H groups in total. The van der Waals surface area contributed by atoms with Crippen molar-refractivity contribution < 1.29 is 141 Å². The van der Waals surface area contributed by atoms with E-state index >= 15 is 0 Å². The smallest absolute Gasteiger partial charge is 1.00 e. The molecule has 0 bridgehead atoms. The summed E-state index contributed by atoms with van der Waals surface area (Å²) in [5.74, 6) is -0.340. The molecule has 2 aromatic heterocycles. The molecule has 2 atom stereocenters. The Kier molecular flexibility index (Phi) is 33.9. The molecule has 26 heteroatoms. The van der Waals surface area contributed by atoms with Crippen molar-refractivity contribution in [2.24, 2.45) is 37.4 Å². The van der Waals surface area contributed by atoms with Crippen LogP contribution < -0.4 is 152 Å². The molecule has 2 aliphatic heterocycles. The first kappa shape index (κ1) is 67.3. The number of anilines is 1. The largest absolute Gasteiger partial charge is 1.00 e. The van der Waals surface area contributed by atoms with Gasteiger partial charge < -0.3 is 33.3 Å². The fourth-order valence-corrected chi connectivity index (χ4v) is 7.00. The first-order chi connectivity index (χ1) is 33.3. The quantitative estimate of drug-likeness (QED) is 0.0429. The van der Waals surface area contributed by atoms with Crippen LogP contribution in [0.15, 0.2) is 110 Å². The second kappa shape index (κ2) is 36.3. The SMILES string of the molecule is Cc1ccccc1.Cn1c(=O)cc(Cl)n(Cc2ccccc2C#N)c1=O.Cn1c(=O)cc(N2CCC[C@@H](C(N)=O)C2)n(Cc2ccccc2C#N)c1=O.NC(=O)[C@@H]1CCCNC1.O=CO[O-].O=S(=O)=O.[H-].[K+].[K+]. The monoisotopic (exact) mass is 1080 g/mol. The molecule has 2 aliphatic rings. The van der Waals surface area contributed by atoms with Gasteiger partial charge in [-0.15, -0.1) is 12.6 Å². The fourth-order valence-electron chi connectivity index (χ4n) is 6.78. The topological polar surface area (TPSA) is 338 Å². The number of halogens is 1. The number of primary amides is 2. The van der Waals surface area contributed by atoms with E-state index in [-0.39, 0.29) is 153 Å². The summed E-state index contributed by atoms with van der Waals surface area (Å²) in [5, 5.41) is 29.9. The van der Waals surface area contributed by atoms with E-state index in [1.165, 1.54) is 40.9 Å². The van der Waals surface area contributed by atoms with Crippen LogP contribution in [0.25, 0.3) is 0 Å². The van der Waals surface area contributed by atoms with E-state index < -0.39 is 33.1 Å². The van der Waals surface area contributed by atoms with Gasteiger partial charge >= 0.3 is 125 Å². The van der Waals surface area contributed by atoms with Crippen molar-refractivity contribution in [3.05, 3.63) is 166 Å². The number of rotatable bonds is 8. The summed E-state index contributed by atoms with van der Waals surface area (Å²) in [5.41, 5.74) is 12.3. The van der Waals surface area contributed by atoms with Gasteiger partial charge in [0.05, 0.1) is 48.2 Å². The van der Waals surface area contributed by atoms with Crippen molar-refractivity contribution in [3.63, 3.8) is 0 Å². The van der Waals surface area contributed by atoms with Crippen LogP contribution in [0.1, 0.15) is 54.9 Å². The Balaban J connectivity index is 0. The number of nitrogens with zero attached hydrogens (tertiary/aromatic N) is 7. The summed E-state index contributed by atoms with van der Waals surface area (Å²) in [6, 6.07) is 31.0. The number of aryl methyl sites for hydroxylation is 1. The van der Waals surface area contributed by atoms with Gasteiger partial charge in [-0.1, -0.05) is 83.9 Å². The Morgan fingerprint density at radius 2 is 1.24 bits per heavy atom. The molecule has 3 aromatic carbocycles. The molecular formula is C46H53ClK2N10O12S. The third-order valence-corrected chi connectivity index (χ3v) is 10.8. The van der Waals surface area contributed by atoms with Crippen molar-refractivity contribution in [2.45, 2.75) is 45.7 Å². The van der Waals surface area contributed by atoms with Gasteiger partial charge in [-0.2, -0.15) is 10.5 Å². The normalized spacial score (nSPS) is 13.9. The van der Waals surface area contributed by atoms with Crippen molar-refractivity contribution >= 4 is 46.3 Å². The van der Waals surface area contributed by atoms with Gasteiger partial charge in [0, 0.05) is 45.9 Å². The number of hydrogen-bond acceptors (Lipinski definition) is 16. The number of nitrogens with one attached hydrogen (secondary N) is 1. The second-order valence-corrected chi connectivity index (χ2v) is 16.0. The summed E-state index contributed by atoms with van der Waals surface area (Å²) in [6.07, 6.45) is 3.47. The molecule has 0 radical (unpaired) electrons. The fraction of sp³-hybridized carbons (Fsp3) is 0.326. The van der Waals surface area contributed by atoms with E-state index in [0.717, 1.165) is 41.5 Å². The van der Waals surface area contributed by atoms with E-state index in [2.05, 4.69) is 41.4 Å². The second-order valence-electron chi connectivity index (χ2n) is 15.2. The molecule has 7 rings (SSSR count). The van der Waals surface area contributed by atoms with Gasteiger partial charge in [0.1, 0.15) is 11.0 Å². The maximum atomic E-state index is 12.8. The number of benzene rings is 3. The molecule has 2 fully saturated rings. The van der Waals surface area contributed by atoms with Crippen molar-refractivity contribution in [1.82, 2.24) is 23.6 Å². The Morgan fingerprint density at radius 1 is 0.792 bits per heavy atom. The number of nitrogens with two attached hydrogens (primary N) is 2. The third-order valence-electron chi connectivity index (χ3n) is 10.5. The predicted molar refractivity (Wildman–Crippen MR) is 255 cm³/mol. The van der Waals surface area contributed by atoms with Crippen LogP contribution in [0.3, 0.4) is 0 Å². The van der Waals surface area contributed by atoms with E-state index in [1.807, 2.05) is 23.1 Å². The molecule has 0 saturated carbocycles. The van der Waals surface area contributed by atoms with Crippen molar-refractivity contribution in [3.8, 4) is 12.1 Å². The average molecular weight is 1080 g/mol. The van der Waals surface area contributed by atoms with Crippen LogP contribution in [0.2, 0.25) is 5.15 Å². The molecule has 0 spiro atoms. The molecule has 2 saturated heterocycles. The van der Waals surface area contributed by atoms with Crippen LogP contribution in [-0.4, -0.2) is 75.4 Å². The number of carbonyl (C=O) groups excluding carboxylic acids is 3. The number of nitriles is 2. The minimum atomic E-state index is -3.11. The van der Waals surface area contributed by atoms with Gasteiger partial charge in [0.2, 0.25) is 11.8 Å². The van der Waals surface area contributed by atoms with Crippen LogP contribution in [0.5, 0.6) is 0 Å². The van der Waals surface area contributed by atoms with Gasteiger partial charge in [-0.3, -0.25) is 42.2 Å².